The van der Waals surface area contributed by atoms with Crippen LogP contribution in [0, 0.1) is 0 Å². The zero-order chi connectivity index (χ0) is 12.8. The maximum atomic E-state index is 5.73. The SMILES string of the molecule is CCCNc1cc(NC2CCCSC2)nc(N)n1. The number of nitrogens with zero attached hydrogens (tertiary/aromatic N) is 2. The smallest absolute Gasteiger partial charge is 0.223 e. The number of aromatic nitrogens is 2. The first-order valence-electron chi connectivity index (χ1n) is 6.50. The molecule has 0 bridgehead atoms. The van der Waals surface area contributed by atoms with Gasteiger partial charge in [-0.1, -0.05) is 6.92 Å². The van der Waals surface area contributed by atoms with Crippen molar-refractivity contribution in [1.82, 2.24) is 9.97 Å². The van der Waals surface area contributed by atoms with Crippen molar-refractivity contribution in [3.8, 4) is 0 Å². The molecular weight excluding hydrogens is 246 g/mol. The monoisotopic (exact) mass is 267 g/mol. The fraction of sp³-hybridized carbons (Fsp3) is 0.667. The first-order valence-corrected chi connectivity index (χ1v) is 7.66. The Labute approximate surface area is 112 Å². The van der Waals surface area contributed by atoms with Crippen LogP contribution in [0.25, 0.3) is 0 Å². The molecule has 1 saturated heterocycles. The van der Waals surface area contributed by atoms with Crippen LogP contribution in [-0.2, 0) is 0 Å². The van der Waals surface area contributed by atoms with Crippen LogP contribution in [-0.4, -0.2) is 34.1 Å². The fourth-order valence-corrected chi connectivity index (χ4v) is 3.02. The van der Waals surface area contributed by atoms with Gasteiger partial charge in [0.1, 0.15) is 11.6 Å². The lowest BCUT2D eigenvalue weighted by Crippen LogP contribution is -2.26. The number of rotatable bonds is 5. The molecule has 2 rings (SSSR count). The number of hydrogen-bond donors (Lipinski definition) is 3. The molecule has 0 amide bonds. The van der Waals surface area contributed by atoms with Gasteiger partial charge in [-0.25, -0.2) is 0 Å². The van der Waals surface area contributed by atoms with Gasteiger partial charge in [-0.05, 0) is 25.0 Å². The van der Waals surface area contributed by atoms with E-state index < -0.39 is 0 Å². The van der Waals surface area contributed by atoms with Crippen molar-refractivity contribution in [2.24, 2.45) is 0 Å². The molecule has 0 spiro atoms. The predicted molar refractivity (Wildman–Crippen MR) is 79.2 cm³/mol. The Balaban J connectivity index is 1.99. The van der Waals surface area contributed by atoms with Crippen LogP contribution in [0.4, 0.5) is 17.6 Å². The van der Waals surface area contributed by atoms with Gasteiger partial charge in [0.2, 0.25) is 5.95 Å². The minimum Gasteiger partial charge on any atom is -0.370 e. The van der Waals surface area contributed by atoms with Crippen LogP contribution in [0.3, 0.4) is 0 Å². The third-order valence-electron chi connectivity index (χ3n) is 2.81. The lowest BCUT2D eigenvalue weighted by atomic mass is 10.2. The van der Waals surface area contributed by atoms with Gasteiger partial charge in [0.25, 0.3) is 0 Å². The van der Waals surface area contributed by atoms with E-state index in [0.29, 0.717) is 12.0 Å². The first-order chi connectivity index (χ1) is 8.78. The highest BCUT2D eigenvalue weighted by Crippen LogP contribution is 2.21. The van der Waals surface area contributed by atoms with Crippen molar-refractivity contribution in [2.45, 2.75) is 32.2 Å². The topological polar surface area (TPSA) is 75.9 Å². The summed E-state index contributed by atoms with van der Waals surface area (Å²) < 4.78 is 0. The van der Waals surface area contributed by atoms with Crippen LogP contribution in [0.2, 0.25) is 0 Å². The predicted octanol–water partition coefficient (Wildman–Crippen LogP) is 2.19. The van der Waals surface area contributed by atoms with E-state index >= 15 is 0 Å². The summed E-state index contributed by atoms with van der Waals surface area (Å²) in [6, 6.07) is 2.43. The van der Waals surface area contributed by atoms with Crippen LogP contribution in [0.1, 0.15) is 26.2 Å². The number of nitrogens with one attached hydrogen (secondary N) is 2. The molecule has 18 heavy (non-hydrogen) atoms. The molecule has 1 aromatic rings. The molecule has 1 aliphatic rings. The van der Waals surface area contributed by atoms with Crippen LogP contribution >= 0.6 is 11.8 Å². The molecule has 5 nitrogen and oxygen atoms in total. The zero-order valence-corrected chi connectivity index (χ0v) is 11.6. The van der Waals surface area contributed by atoms with Crippen molar-refractivity contribution in [2.75, 3.05) is 34.4 Å². The summed E-state index contributed by atoms with van der Waals surface area (Å²) in [6.45, 7) is 3.02. The number of nitrogen functional groups attached to an aromatic ring is 1. The minimum atomic E-state index is 0.321. The summed E-state index contributed by atoms with van der Waals surface area (Å²) in [5, 5.41) is 6.68. The second-order valence-corrected chi connectivity index (χ2v) is 5.63. The Hall–Kier alpha value is -1.17. The molecule has 1 unspecified atom stereocenters. The second-order valence-electron chi connectivity index (χ2n) is 4.48. The Morgan fingerprint density at radius 3 is 3.00 bits per heavy atom. The molecule has 1 aliphatic heterocycles. The van der Waals surface area contributed by atoms with Gasteiger partial charge in [-0.2, -0.15) is 21.7 Å². The fourth-order valence-electron chi connectivity index (χ4n) is 1.95. The zero-order valence-electron chi connectivity index (χ0n) is 10.8. The highest BCUT2D eigenvalue weighted by molar-refractivity contribution is 7.99. The quantitative estimate of drug-likeness (QED) is 0.759. The summed E-state index contributed by atoms with van der Waals surface area (Å²) in [7, 11) is 0. The summed E-state index contributed by atoms with van der Waals surface area (Å²) in [5.74, 6) is 4.36. The van der Waals surface area contributed by atoms with Gasteiger partial charge in [0, 0.05) is 24.4 Å². The Kier molecular flexibility index (Phi) is 4.92. The minimum absolute atomic E-state index is 0.321. The van der Waals surface area contributed by atoms with E-state index in [1.807, 2.05) is 17.8 Å². The molecule has 1 aromatic heterocycles. The van der Waals surface area contributed by atoms with Gasteiger partial charge in [-0.15, -0.1) is 0 Å². The van der Waals surface area contributed by atoms with Gasteiger partial charge in [0.15, 0.2) is 0 Å². The van der Waals surface area contributed by atoms with E-state index in [-0.39, 0.29) is 0 Å². The molecule has 0 aliphatic carbocycles. The Bertz CT molecular complexity index is 379. The first kappa shape index (κ1) is 13.3. The number of thioether (sulfide) groups is 1. The van der Waals surface area contributed by atoms with E-state index in [1.165, 1.54) is 18.6 Å². The molecule has 0 saturated carbocycles. The standard InChI is InChI=1S/C12H21N5S/c1-2-5-14-10-7-11(17-12(13)16-10)15-9-4-3-6-18-8-9/h7,9H,2-6,8H2,1H3,(H4,13,14,15,16,17). The Morgan fingerprint density at radius 1 is 1.44 bits per heavy atom. The van der Waals surface area contributed by atoms with Gasteiger partial charge in [0.05, 0.1) is 0 Å². The molecule has 0 radical (unpaired) electrons. The highest BCUT2D eigenvalue weighted by atomic mass is 32.2. The summed E-state index contributed by atoms with van der Waals surface area (Å²) in [4.78, 5) is 8.42. The molecule has 1 atom stereocenters. The molecular formula is C12H21N5S. The van der Waals surface area contributed by atoms with E-state index in [2.05, 4.69) is 27.5 Å². The van der Waals surface area contributed by atoms with E-state index in [0.717, 1.165) is 30.4 Å². The van der Waals surface area contributed by atoms with Gasteiger partial charge in [-0.3, -0.25) is 0 Å². The maximum absolute atomic E-state index is 5.73. The lowest BCUT2D eigenvalue weighted by molar-refractivity contribution is 0.682. The van der Waals surface area contributed by atoms with Crippen LogP contribution in [0.15, 0.2) is 6.07 Å². The number of nitrogens with two attached hydrogens (primary N) is 1. The van der Waals surface area contributed by atoms with Crippen molar-refractivity contribution in [1.29, 1.82) is 0 Å². The molecule has 2 heterocycles. The van der Waals surface area contributed by atoms with Crippen molar-refractivity contribution in [3.05, 3.63) is 6.07 Å². The second kappa shape index (κ2) is 6.68. The van der Waals surface area contributed by atoms with Crippen LogP contribution < -0.4 is 16.4 Å². The number of hydrogen-bond acceptors (Lipinski definition) is 6. The van der Waals surface area contributed by atoms with Crippen molar-refractivity contribution < 1.29 is 0 Å². The molecule has 0 aromatic carbocycles. The Morgan fingerprint density at radius 2 is 2.28 bits per heavy atom. The third-order valence-corrected chi connectivity index (χ3v) is 4.03. The van der Waals surface area contributed by atoms with E-state index in [1.54, 1.807) is 0 Å². The maximum Gasteiger partial charge on any atom is 0.223 e. The molecule has 4 N–H and O–H groups in total. The normalized spacial score (nSPS) is 19.5. The molecule has 100 valence electrons. The van der Waals surface area contributed by atoms with Crippen molar-refractivity contribution in [3.63, 3.8) is 0 Å². The third kappa shape index (κ3) is 3.94. The van der Waals surface area contributed by atoms with E-state index in [9.17, 15) is 0 Å². The summed E-state index contributed by atoms with van der Waals surface area (Å²) in [5.41, 5.74) is 5.73. The highest BCUT2D eigenvalue weighted by Gasteiger charge is 2.14. The van der Waals surface area contributed by atoms with E-state index in [4.69, 9.17) is 5.73 Å². The largest absolute Gasteiger partial charge is 0.370 e. The van der Waals surface area contributed by atoms with Gasteiger partial charge >= 0.3 is 0 Å². The summed E-state index contributed by atoms with van der Waals surface area (Å²) >= 11 is 1.99. The van der Waals surface area contributed by atoms with Crippen LogP contribution in [0.5, 0.6) is 0 Å². The summed E-state index contributed by atoms with van der Waals surface area (Å²) in [6.07, 6.45) is 3.53. The lowest BCUT2D eigenvalue weighted by Gasteiger charge is -2.23. The number of anilines is 3. The van der Waals surface area contributed by atoms with Gasteiger partial charge < -0.3 is 16.4 Å². The van der Waals surface area contributed by atoms with Crippen molar-refractivity contribution >= 4 is 29.3 Å². The average Bonchev–Trinajstić information content (AvgIpc) is 2.37. The molecule has 6 heteroatoms. The molecule has 1 fully saturated rings. The average molecular weight is 267 g/mol.